The summed E-state index contributed by atoms with van der Waals surface area (Å²) < 4.78 is 1.86. The zero-order valence-corrected chi connectivity index (χ0v) is 19.6. The van der Waals surface area contributed by atoms with E-state index in [0.717, 1.165) is 16.9 Å². The number of thioether (sulfide) groups is 1. The molecule has 0 aliphatic rings. The van der Waals surface area contributed by atoms with Crippen LogP contribution in [-0.2, 0) is 4.79 Å². The molecule has 1 atom stereocenters. The van der Waals surface area contributed by atoms with Crippen molar-refractivity contribution in [1.82, 2.24) is 19.7 Å². The van der Waals surface area contributed by atoms with Gasteiger partial charge in [-0.3, -0.25) is 14.3 Å². The van der Waals surface area contributed by atoms with E-state index in [9.17, 15) is 4.79 Å². The Morgan fingerprint density at radius 2 is 1.81 bits per heavy atom. The van der Waals surface area contributed by atoms with E-state index in [1.807, 2.05) is 60.0 Å². The molecule has 9 heteroatoms. The molecule has 0 saturated heterocycles. The zero-order chi connectivity index (χ0) is 22.7. The largest absolute Gasteiger partial charge is 0.315 e. The number of benzene rings is 2. The Hall–Kier alpha value is -2.87. The van der Waals surface area contributed by atoms with Crippen molar-refractivity contribution in [2.75, 3.05) is 11.9 Å². The van der Waals surface area contributed by atoms with Gasteiger partial charge in [-0.05, 0) is 49.4 Å². The summed E-state index contributed by atoms with van der Waals surface area (Å²) in [5, 5.41) is 9.78. The standard InChI is InChI=1S/C23H19Cl2N5OS/c1-15(22(31)29(2)17-8-4-3-5-9-17)32-23-28-27-21(16-7-6-12-26-14-16)30(23)18-10-11-19(24)20(25)13-18/h3-15H,1-2H3. The highest BCUT2D eigenvalue weighted by atomic mass is 35.5. The van der Waals surface area contributed by atoms with Gasteiger partial charge in [0, 0.05) is 30.7 Å². The number of pyridine rings is 1. The number of nitrogens with zero attached hydrogens (tertiary/aromatic N) is 5. The third-order valence-electron chi connectivity index (χ3n) is 4.82. The molecule has 4 rings (SSSR count). The lowest BCUT2D eigenvalue weighted by Crippen LogP contribution is -2.33. The first-order chi connectivity index (χ1) is 15.5. The minimum atomic E-state index is -0.410. The van der Waals surface area contributed by atoms with E-state index in [1.54, 1.807) is 36.5 Å². The summed E-state index contributed by atoms with van der Waals surface area (Å²) in [6.07, 6.45) is 3.41. The molecular weight excluding hydrogens is 465 g/mol. The number of hydrogen-bond donors (Lipinski definition) is 0. The molecule has 0 spiro atoms. The van der Waals surface area contributed by atoms with Gasteiger partial charge in [0.2, 0.25) is 5.91 Å². The molecular formula is C23H19Cl2N5OS. The monoisotopic (exact) mass is 483 g/mol. The highest BCUT2D eigenvalue weighted by molar-refractivity contribution is 8.00. The van der Waals surface area contributed by atoms with Crippen LogP contribution in [0.25, 0.3) is 17.1 Å². The summed E-state index contributed by atoms with van der Waals surface area (Å²) in [7, 11) is 1.76. The molecule has 0 saturated carbocycles. The van der Waals surface area contributed by atoms with E-state index in [-0.39, 0.29) is 5.91 Å². The Labute approximate surface area is 200 Å². The lowest BCUT2D eigenvalue weighted by atomic mass is 10.2. The van der Waals surface area contributed by atoms with E-state index < -0.39 is 5.25 Å². The molecule has 1 amide bonds. The normalized spacial score (nSPS) is 11.9. The van der Waals surface area contributed by atoms with Gasteiger partial charge in [-0.2, -0.15) is 0 Å². The van der Waals surface area contributed by atoms with Crippen LogP contribution >= 0.6 is 35.0 Å². The third kappa shape index (κ3) is 4.65. The van der Waals surface area contributed by atoms with Crippen molar-refractivity contribution in [2.45, 2.75) is 17.3 Å². The highest BCUT2D eigenvalue weighted by Crippen LogP contribution is 2.33. The number of halogens is 2. The second-order valence-electron chi connectivity index (χ2n) is 6.97. The van der Waals surface area contributed by atoms with Crippen molar-refractivity contribution in [3.05, 3.63) is 83.1 Å². The van der Waals surface area contributed by atoms with E-state index in [0.29, 0.717) is 21.0 Å². The van der Waals surface area contributed by atoms with Crippen molar-refractivity contribution in [3.63, 3.8) is 0 Å². The van der Waals surface area contributed by atoms with Gasteiger partial charge in [0.15, 0.2) is 11.0 Å². The van der Waals surface area contributed by atoms with Crippen LogP contribution < -0.4 is 4.90 Å². The Kier molecular flexibility index (Phi) is 6.79. The van der Waals surface area contributed by atoms with Crippen LogP contribution in [0.5, 0.6) is 0 Å². The van der Waals surface area contributed by atoms with E-state index in [1.165, 1.54) is 11.8 Å². The number of amides is 1. The van der Waals surface area contributed by atoms with Crippen molar-refractivity contribution < 1.29 is 4.79 Å². The Morgan fingerprint density at radius 1 is 1.03 bits per heavy atom. The van der Waals surface area contributed by atoms with Crippen LogP contribution in [0.4, 0.5) is 5.69 Å². The van der Waals surface area contributed by atoms with Crippen LogP contribution in [0.15, 0.2) is 78.2 Å². The number of aromatic nitrogens is 4. The first-order valence-corrected chi connectivity index (χ1v) is 11.4. The number of carbonyl (C=O) groups is 1. The third-order valence-corrected chi connectivity index (χ3v) is 6.59. The Balaban J connectivity index is 1.70. The zero-order valence-electron chi connectivity index (χ0n) is 17.3. The highest BCUT2D eigenvalue weighted by Gasteiger charge is 2.25. The maximum atomic E-state index is 13.1. The summed E-state index contributed by atoms with van der Waals surface area (Å²) in [6, 6.07) is 18.5. The molecule has 1 unspecified atom stereocenters. The summed E-state index contributed by atoms with van der Waals surface area (Å²) in [4.78, 5) is 18.9. The fourth-order valence-corrected chi connectivity index (χ4v) is 4.40. The molecule has 4 aromatic rings. The minimum absolute atomic E-state index is 0.0483. The van der Waals surface area contributed by atoms with Gasteiger partial charge < -0.3 is 4.90 Å². The summed E-state index contributed by atoms with van der Waals surface area (Å²) in [5.41, 5.74) is 2.35. The van der Waals surface area contributed by atoms with Gasteiger partial charge >= 0.3 is 0 Å². The van der Waals surface area contributed by atoms with Crippen LogP contribution in [0.1, 0.15) is 6.92 Å². The summed E-state index contributed by atoms with van der Waals surface area (Å²) >= 11 is 13.7. The first kappa shape index (κ1) is 22.3. The lowest BCUT2D eigenvalue weighted by molar-refractivity contribution is -0.117. The second-order valence-corrected chi connectivity index (χ2v) is 9.10. The van der Waals surface area contributed by atoms with Gasteiger partial charge in [0.25, 0.3) is 0 Å². The first-order valence-electron chi connectivity index (χ1n) is 9.76. The summed E-state index contributed by atoms with van der Waals surface area (Å²) in [6.45, 7) is 1.85. The smallest absolute Gasteiger partial charge is 0.240 e. The van der Waals surface area contributed by atoms with E-state index in [2.05, 4.69) is 15.2 Å². The molecule has 0 aliphatic heterocycles. The Morgan fingerprint density at radius 3 is 2.50 bits per heavy atom. The van der Waals surface area contributed by atoms with Gasteiger partial charge in [0.05, 0.1) is 21.0 Å². The quantitative estimate of drug-likeness (QED) is 0.325. The predicted octanol–water partition coefficient (Wildman–Crippen LogP) is 5.78. The SMILES string of the molecule is CC(Sc1nnc(-c2cccnc2)n1-c1ccc(Cl)c(Cl)c1)C(=O)N(C)c1ccccc1. The van der Waals surface area contributed by atoms with Crippen LogP contribution in [0.2, 0.25) is 10.0 Å². The summed E-state index contributed by atoms with van der Waals surface area (Å²) in [5.74, 6) is 0.544. The lowest BCUT2D eigenvalue weighted by Gasteiger charge is -2.21. The minimum Gasteiger partial charge on any atom is -0.315 e. The second kappa shape index (κ2) is 9.73. The topological polar surface area (TPSA) is 63.9 Å². The number of para-hydroxylation sites is 1. The van der Waals surface area contributed by atoms with Gasteiger partial charge in [-0.15, -0.1) is 10.2 Å². The van der Waals surface area contributed by atoms with Crippen molar-refractivity contribution in [3.8, 4) is 17.1 Å². The van der Waals surface area contributed by atoms with E-state index >= 15 is 0 Å². The number of anilines is 1. The number of hydrogen-bond acceptors (Lipinski definition) is 5. The molecule has 0 radical (unpaired) electrons. The Bertz CT molecular complexity index is 1230. The van der Waals surface area contributed by atoms with Gasteiger partial charge in [-0.1, -0.05) is 53.2 Å². The van der Waals surface area contributed by atoms with Gasteiger partial charge in [0.1, 0.15) is 0 Å². The maximum Gasteiger partial charge on any atom is 0.240 e. The van der Waals surface area contributed by atoms with Crippen LogP contribution in [0.3, 0.4) is 0 Å². The number of carbonyl (C=O) groups excluding carboxylic acids is 1. The molecule has 2 aromatic carbocycles. The molecule has 162 valence electrons. The molecule has 6 nitrogen and oxygen atoms in total. The fraction of sp³-hybridized carbons (Fsp3) is 0.130. The predicted molar refractivity (Wildman–Crippen MR) is 130 cm³/mol. The van der Waals surface area contributed by atoms with E-state index in [4.69, 9.17) is 23.2 Å². The molecule has 2 aromatic heterocycles. The maximum absolute atomic E-state index is 13.1. The molecule has 2 heterocycles. The van der Waals surface area contributed by atoms with Gasteiger partial charge in [-0.25, -0.2) is 0 Å². The molecule has 0 fully saturated rings. The van der Waals surface area contributed by atoms with Crippen LogP contribution in [-0.4, -0.2) is 38.0 Å². The van der Waals surface area contributed by atoms with Crippen LogP contribution in [0, 0.1) is 0 Å². The number of rotatable bonds is 6. The molecule has 32 heavy (non-hydrogen) atoms. The molecule has 0 N–H and O–H groups in total. The van der Waals surface area contributed by atoms with Crippen molar-refractivity contribution in [2.24, 2.45) is 0 Å². The molecule has 0 bridgehead atoms. The fourth-order valence-electron chi connectivity index (χ4n) is 3.15. The molecule has 0 aliphatic carbocycles. The average Bonchev–Trinajstić information content (AvgIpc) is 3.24. The van der Waals surface area contributed by atoms with Crippen molar-refractivity contribution >= 4 is 46.6 Å². The average molecular weight is 484 g/mol. The van der Waals surface area contributed by atoms with Crippen molar-refractivity contribution in [1.29, 1.82) is 0 Å².